The molecule has 30 heavy (non-hydrogen) atoms. The predicted octanol–water partition coefficient (Wildman–Crippen LogP) is 4.57. The highest BCUT2D eigenvalue weighted by atomic mass is 16.6. The van der Waals surface area contributed by atoms with Crippen LogP contribution in [0, 0.1) is 0 Å². The fourth-order valence-electron chi connectivity index (χ4n) is 4.96. The van der Waals surface area contributed by atoms with E-state index in [-0.39, 0.29) is 18.6 Å². The monoisotopic (exact) mass is 399 g/mol. The second kappa shape index (κ2) is 7.62. The highest BCUT2D eigenvalue weighted by Gasteiger charge is 2.41. The van der Waals surface area contributed by atoms with Crippen molar-refractivity contribution in [3.63, 3.8) is 0 Å². The molecule has 0 bridgehead atoms. The molecule has 1 aliphatic heterocycles. The van der Waals surface area contributed by atoms with Crippen LogP contribution in [-0.4, -0.2) is 42.4 Å². The molecule has 1 unspecified atom stereocenters. The van der Waals surface area contributed by atoms with Gasteiger partial charge in [0.05, 0.1) is 6.61 Å². The van der Waals surface area contributed by atoms with Gasteiger partial charge in [-0.1, -0.05) is 78.9 Å². The number of hydrogen-bond donors (Lipinski definition) is 1. The van der Waals surface area contributed by atoms with Gasteiger partial charge in [0, 0.05) is 24.4 Å². The molecule has 4 nitrogen and oxygen atoms in total. The van der Waals surface area contributed by atoms with Gasteiger partial charge in [0.1, 0.15) is 6.61 Å². The summed E-state index contributed by atoms with van der Waals surface area (Å²) in [5.74, 6) is 0.0562. The molecule has 0 aromatic heterocycles. The Hall–Kier alpha value is -3.11. The predicted molar refractivity (Wildman–Crippen MR) is 116 cm³/mol. The molecule has 3 aromatic rings. The van der Waals surface area contributed by atoms with Crippen molar-refractivity contribution < 1.29 is 14.6 Å². The van der Waals surface area contributed by atoms with Gasteiger partial charge in [-0.3, -0.25) is 0 Å². The minimum atomic E-state index is -0.410. The highest BCUT2D eigenvalue weighted by molar-refractivity contribution is 5.79. The van der Waals surface area contributed by atoms with Gasteiger partial charge in [-0.05, 0) is 34.2 Å². The SMILES string of the molecule is O=C(OCC1c2ccccc2-c2ccccc21)N1CCC(CO)(c2ccccc2)C1. The zero-order valence-electron chi connectivity index (χ0n) is 16.8. The van der Waals surface area contributed by atoms with Crippen LogP contribution in [0.1, 0.15) is 29.0 Å². The number of ether oxygens (including phenoxy) is 1. The van der Waals surface area contributed by atoms with Crippen molar-refractivity contribution in [2.45, 2.75) is 17.8 Å². The van der Waals surface area contributed by atoms with Crippen LogP contribution >= 0.6 is 0 Å². The maximum atomic E-state index is 12.9. The molecular formula is C26H25NO3. The van der Waals surface area contributed by atoms with Gasteiger partial charge in [-0.2, -0.15) is 0 Å². The molecule has 0 spiro atoms. The average molecular weight is 399 g/mol. The number of likely N-dealkylation sites (tertiary alicyclic amines) is 1. The number of hydrogen-bond acceptors (Lipinski definition) is 3. The molecule has 1 saturated heterocycles. The molecule has 0 radical (unpaired) electrons. The first-order chi connectivity index (χ1) is 14.7. The van der Waals surface area contributed by atoms with E-state index in [9.17, 15) is 9.90 Å². The standard InChI is InChI=1S/C26H25NO3/c28-18-26(19-8-2-1-3-9-19)14-15-27(17-26)25(29)30-16-24-22-12-6-4-10-20(22)21-11-5-7-13-23(21)24/h1-13,24,28H,14-18H2. The summed E-state index contributed by atoms with van der Waals surface area (Å²) in [4.78, 5) is 14.6. The van der Waals surface area contributed by atoms with E-state index < -0.39 is 5.41 Å². The Morgan fingerprint density at radius 2 is 1.53 bits per heavy atom. The second-order valence-corrected chi connectivity index (χ2v) is 8.28. The number of aliphatic hydroxyl groups is 1. The Balaban J connectivity index is 1.31. The molecule has 1 atom stereocenters. The smallest absolute Gasteiger partial charge is 0.409 e. The molecule has 1 N–H and O–H groups in total. The van der Waals surface area contributed by atoms with Crippen LogP contribution in [0.5, 0.6) is 0 Å². The van der Waals surface area contributed by atoms with E-state index in [1.54, 1.807) is 4.90 Å². The molecular weight excluding hydrogens is 374 g/mol. The normalized spacial score (nSPS) is 20.1. The molecule has 2 aliphatic rings. The first kappa shape index (κ1) is 18.9. The fraction of sp³-hybridized carbons (Fsp3) is 0.269. The summed E-state index contributed by atoms with van der Waals surface area (Å²) in [6, 6.07) is 26.6. The number of rotatable bonds is 4. The molecule has 1 amide bonds. The quantitative estimate of drug-likeness (QED) is 0.699. The molecule has 3 aromatic carbocycles. The Morgan fingerprint density at radius 3 is 2.17 bits per heavy atom. The van der Waals surface area contributed by atoms with Crippen molar-refractivity contribution in [3.8, 4) is 11.1 Å². The molecule has 1 aliphatic carbocycles. The lowest BCUT2D eigenvalue weighted by Gasteiger charge is -2.27. The lowest BCUT2D eigenvalue weighted by atomic mass is 9.80. The third-order valence-corrected chi connectivity index (χ3v) is 6.64. The number of amides is 1. The van der Waals surface area contributed by atoms with Gasteiger partial charge in [0.25, 0.3) is 0 Å². The summed E-state index contributed by atoms with van der Waals surface area (Å²) in [5.41, 5.74) is 5.52. The van der Waals surface area contributed by atoms with Crippen molar-refractivity contribution in [3.05, 3.63) is 95.6 Å². The van der Waals surface area contributed by atoms with Gasteiger partial charge in [-0.15, -0.1) is 0 Å². The topological polar surface area (TPSA) is 49.8 Å². The maximum Gasteiger partial charge on any atom is 0.409 e. The molecule has 5 rings (SSSR count). The maximum absolute atomic E-state index is 12.9. The minimum absolute atomic E-state index is 0.0180. The van der Waals surface area contributed by atoms with E-state index in [0.717, 1.165) is 12.0 Å². The van der Waals surface area contributed by atoms with Gasteiger partial charge >= 0.3 is 6.09 Å². The number of fused-ring (bicyclic) bond motifs is 3. The zero-order chi connectivity index (χ0) is 20.6. The Kier molecular flexibility index (Phi) is 4.80. The van der Waals surface area contributed by atoms with E-state index in [2.05, 4.69) is 24.3 Å². The summed E-state index contributed by atoms with van der Waals surface area (Å²) in [6.45, 7) is 1.40. The Bertz CT molecular complexity index is 1020. The Labute approximate surface area is 176 Å². The first-order valence-electron chi connectivity index (χ1n) is 10.5. The van der Waals surface area contributed by atoms with Gasteiger partial charge in [-0.25, -0.2) is 4.79 Å². The second-order valence-electron chi connectivity index (χ2n) is 8.28. The summed E-state index contributed by atoms with van der Waals surface area (Å²) in [7, 11) is 0. The summed E-state index contributed by atoms with van der Waals surface area (Å²) in [5, 5.41) is 10.1. The zero-order valence-corrected chi connectivity index (χ0v) is 16.8. The van der Waals surface area contributed by atoms with Crippen LogP contribution in [0.25, 0.3) is 11.1 Å². The van der Waals surface area contributed by atoms with E-state index >= 15 is 0 Å². The highest BCUT2D eigenvalue weighted by Crippen LogP contribution is 2.44. The molecule has 1 heterocycles. The van der Waals surface area contributed by atoms with E-state index in [1.165, 1.54) is 22.3 Å². The van der Waals surface area contributed by atoms with E-state index in [4.69, 9.17) is 4.74 Å². The van der Waals surface area contributed by atoms with Crippen LogP contribution in [0.2, 0.25) is 0 Å². The van der Waals surface area contributed by atoms with Crippen LogP contribution in [0.3, 0.4) is 0 Å². The van der Waals surface area contributed by atoms with Crippen LogP contribution in [0.4, 0.5) is 4.79 Å². The van der Waals surface area contributed by atoms with Crippen molar-refractivity contribution in [2.24, 2.45) is 0 Å². The number of benzene rings is 3. The average Bonchev–Trinajstić information content (AvgIpc) is 3.39. The number of nitrogens with zero attached hydrogens (tertiary/aromatic N) is 1. The van der Waals surface area contributed by atoms with Crippen LogP contribution < -0.4 is 0 Å². The molecule has 152 valence electrons. The first-order valence-corrected chi connectivity index (χ1v) is 10.5. The van der Waals surface area contributed by atoms with E-state index in [0.29, 0.717) is 19.7 Å². The largest absolute Gasteiger partial charge is 0.448 e. The van der Waals surface area contributed by atoms with Gasteiger partial charge in [0.15, 0.2) is 0 Å². The molecule has 4 heteroatoms. The van der Waals surface area contributed by atoms with Crippen LogP contribution in [0.15, 0.2) is 78.9 Å². The van der Waals surface area contributed by atoms with Crippen molar-refractivity contribution in [2.75, 3.05) is 26.3 Å². The Morgan fingerprint density at radius 1 is 0.933 bits per heavy atom. The van der Waals surface area contributed by atoms with Crippen LogP contribution in [-0.2, 0) is 10.2 Å². The number of carbonyl (C=O) groups excluding carboxylic acids is 1. The van der Waals surface area contributed by atoms with E-state index in [1.807, 2.05) is 54.6 Å². The number of aliphatic hydroxyl groups excluding tert-OH is 1. The lowest BCUT2D eigenvalue weighted by Crippen LogP contribution is -2.37. The third-order valence-electron chi connectivity index (χ3n) is 6.64. The van der Waals surface area contributed by atoms with Gasteiger partial charge < -0.3 is 14.7 Å². The van der Waals surface area contributed by atoms with Crippen molar-refractivity contribution in [1.29, 1.82) is 0 Å². The lowest BCUT2D eigenvalue weighted by molar-refractivity contribution is 0.103. The molecule has 0 saturated carbocycles. The van der Waals surface area contributed by atoms with Gasteiger partial charge in [0.2, 0.25) is 0 Å². The number of carbonyl (C=O) groups is 1. The van der Waals surface area contributed by atoms with Crippen molar-refractivity contribution >= 4 is 6.09 Å². The molecule has 1 fully saturated rings. The fourth-order valence-corrected chi connectivity index (χ4v) is 4.96. The summed E-state index contributed by atoms with van der Waals surface area (Å²) < 4.78 is 5.80. The third kappa shape index (κ3) is 3.08. The van der Waals surface area contributed by atoms with Crippen molar-refractivity contribution in [1.82, 2.24) is 4.90 Å². The summed E-state index contributed by atoms with van der Waals surface area (Å²) in [6.07, 6.45) is 0.431. The minimum Gasteiger partial charge on any atom is -0.448 e. The summed E-state index contributed by atoms with van der Waals surface area (Å²) >= 11 is 0.